The third-order valence-electron chi connectivity index (χ3n) is 3.12. The maximum absolute atomic E-state index is 11.6. The first kappa shape index (κ1) is 9.76. The molecule has 0 amide bonds. The molecule has 1 unspecified atom stereocenters. The SMILES string of the molecule is CC(C)C(=O)C(C)C1CCCC1. The van der Waals surface area contributed by atoms with Crippen molar-refractivity contribution in [3.63, 3.8) is 0 Å². The molecule has 1 rings (SSSR count). The second kappa shape index (κ2) is 4.06. The molecule has 12 heavy (non-hydrogen) atoms. The zero-order chi connectivity index (χ0) is 9.14. The van der Waals surface area contributed by atoms with Crippen LogP contribution < -0.4 is 0 Å². The van der Waals surface area contributed by atoms with Crippen molar-refractivity contribution in [2.24, 2.45) is 17.8 Å². The Morgan fingerprint density at radius 3 is 2.08 bits per heavy atom. The Labute approximate surface area is 75.5 Å². The van der Waals surface area contributed by atoms with E-state index >= 15 is 0 Å². The number of carbonyl (C=O) groups is 1. The van der Waals surface area contributed by atoms with E-state index in [9.17, 15) is 4.79 Å². The lowest BCUT2D eigenvalue weighted by Gasteiger charge is -2.19. The Morgan fingerprint density at radius 1 is 1.17 bits per heavy atom. The van der Waals surface area contributed by atoms with Crippen LogP contribution in [0.15, 0.2) is 0 Å². The van der Waals surface area contributed by atoms with Gasteiger partial charge in [-0.1, -0.05) is 33.6 Å². The number of carbonyl (C=O) groups excluding carboxylic acids is 1. The summed E-state index contributed by atoms with van der Waals surface area (Å²) in [7, 11) is 0. The molecule has 0 aromatic rings. The fourth-order valence-electron chi connectivity index (χ4n) is 2.22. The van der Waals surface area contributed by atoms with Crippen molar-refractivity contribution < 1.29 is 4.79 Å². The van der Waals surface area contributed by atoms with Crippen LogP contribution >= 0.6 is 0 Å². The summed E-state index contributed by atoms with van der Waals surface area (Å²) in [6, 6.07) is 0. The Bertz CT molecular complexity index is 154. The highest BCUT2D eigenvalue weighted by Gasteiger charge is 2.27. The van der Waals surface area contributed by atoms with Crippen LogP contribution in [-0.2, 0) is 4.79 Å². The van der Waals surface area contributed by atoms with Gasteiger partial charge in [-0.15, -0.1) is 0 Å². The fourth-order valence-corrected chi connectivity index (χ4v) is 2.22. The summed E-state index contributed by atoms with van der Waals surface area (Å²) in [5, 5.41) is 0. The smallest absolute Gasteiger partial charge is 0.138 e. The zero-order valence-corrected chi connectivity index (χ0v) is 8.47. The van der Waals surface area contributed by atoms with Gasteiger partial charge in [-0.3, -0.25) is 4.79 Å². The second-order valence-corrected chi connectivity index (χ2v) is 4.39. The highest BCUT2D eigenvalue weighted by Crippen LogP contribution is 2.32. The predicted molar refractivity (Wildman–Crippen MR) is 51.0 cm³/mol. The Kier molecular flexibility index (Phi) is 3.30. The van der Waals surface area contributed by atoms with E-state index in [0.717, 1.165) is 0 Å². The number of hydrogen-bond acceptors (Lipinski definition) is 1. The maximum Gasteiger partial charge on any atom is 0.138 e. The molecule has 0 N–H and O–H groups in total. The van der Waals surface area contributed by atoms with Crippen molar-refractivity contribution in [3.05, 3.63) is 0 Å². The van der Waals surface area contributed by atoms with Crippen LogP contribution in [0.2, 0.25) is 0 Å². The van der Waals surface area contributed by atoms with E-state index < -0.39 is 0 Å². The highest BCUT2D eigenvalue weighted by molar-refractivity contribution is 5.82. The average Bonchev–Trinajstić information content (AvgIpc) is 2.53. The molecule has 1 aliphatic carbocycles. The molecule has 1 fully saturated rings. The molecule has 1 nitrogen and oxygen atoms in total. The lowest BCUT2D eigenvalue weighted by molar-refractivity contribution is -0.126. The first-order valence-electron chi connectivity index (χ1n) is 5.16. The van der Waals surface area contributed by atoms with Crippen molar-refractivity contribution in [1.29, 1.82) is 0 Å². The van der Waals surface area contributed by atoms with Gasteiger partial charge in [0, 0.05) is 11.8 Å². The maximum atomic E-state index is 11.6. The molecule has 1 atom stereocenters. The van der Waals surface area contributed by atoms with Gasteiger partial charge in [0.1, 0.15) is 5.78 Å². The van der Waals surface area contributed by atoms with Crippen molar-refractivity contribution in [3.8, 4) is 0 Å². The summed E-state index contributed by atoms with van der Waals surface area (Å²) in [5.74, 6) is 1.69. The van der Waals surface area contributed by atoms with Gasteiger partial charge in [-0.25, -0.2) is 0 Å². The van der Waals surface area contributed by atoms with Crippen molar-refractivity contribution in [2.45, 2.75) is 46.5 Å². The number of rotatable bonds is 3. The van der Waals surface area contributed by atoms with Gasteiger partial charge in [0.25, 0.3) is 0 Å². The minimum Gasteiger partial charge on any atom is -0.299 e. The normalized spacial score (nSPS) is 21.7. The molecule has 0 heterocycles. The summed E-state index contributed by atoms with van der Waals surface area (Å²) in [6.07, 6.45) is 5.22. The van der Waals surface area contributed by atoms with E-state index in [1.807, 2.05) is 13.8 Å². The Morgan fingerprint density at radius 2 is 1.67 bits per heavy atom. The molecule has 70 valence electrons. The number of Topliss-reactive ketones (excluding diaryl/α,β-unsaturated/α-hetero) is 1. The van der Waals surface area contributed by atoms with Crippen LogP contribution in [0.3, 0.4) is 0 Å². The van der Waals surface area contributed by atoms with E-state index in [-0.39, 0.29) is 5.92 Å². The lowest BCUT2D eigenvalue weighted by atomic mass is 9.85. The Balaban J connectivity index is 2.45. The average molecular weight is 168 g/mol. The zero-order valence-electron chi connectivity index (χ0n) is 8.47. The molecule has 1 heteroatoms. The molecule has 0 aromatic carbocycles. The highest BCUT2D eigenvalue weighted by atomic mass is 16.1. The van der Waals surface area contributed by atoms with Crippen LogP contribution in [-0.4, -0.2) is 5.78 Å². The molecule has 0 saturated heterocycles. The first-order chi connectivity index (χ1) is 5.63. The van der Waals surface area contributed by atoms with Gasteiger partial charge in [-0.05, 0) is 18.8 Å². The van der Waals surface area contributed by atoms with Gasteiger partial charge in [0.2, 0.25) is 0 Å². The molecule has 0 aliphatic heterocycles. The quantitative estimate of drug-likeness (QED) is 0.633. The van der Waals surface area contributed by atoms with Gasteiger partial charge < -0.3 is 0 Å². The van der Waals surface area contributed by atoms with E-state index in [1.165, 1.54) is 25.7 Å². The molecule has 0 radical (unpaired) electrons. The van der Waals surface area contributed by atoms with Gasteiger partial charge in [0.15, 0.2) is 0 Å². The summed E-state index contributed by atoms with van der Waals surface area (Å²) >= 11 is 0. The molecule has 0 bridgehead atoms. The van der Waals surface area contributed by atoms with Crippen molar-refractivity contribution in [2.75, 3.05) is 0 Å². The topological polar surface area (TPSA) is 17.1 Å². The fraction of sp³-hybridized carbons (Fsp3) is 0.909. The van der Waals surface area contributed by atoms with Crippen molar-refractivity contribution in [1.82, 2.24) is 0 Å². The Hall–Kier alpha value is -0.330. The molecule has 0 spiro atoms. The third kappa shape index (κ3) is 2.09. The minimum atomic E-state index is 0.223. The molecule has 0 aromatic heterocycles. The largest absolute Gasteiger partial charge is 0.299 e. The van der Waals surface area contributed by atoms with Crippen LogP contribution in [0.1, 0.15) is 46.5 Å². The monoisotopic (exact) mass is 168 g/mol. The summed E-state index contributed by atoms with van der Waals surface area (Å²) < 4.78 is 0. The van der Waals surface area contributed by atoms with E-state index in [2.05, 4.69) is 6.92 Å². The van der Waals surface area contributed by atoms with E-state index in [1.54, 1.807) is 0 Å². The number of ketones is 1. The van der Waals surface area contributed by atoms with E-state index in [0.29, 0.717) is 17.6 Å². The summed E-state index contributed by atoms with van der Waals surface area (Å²) in [5.41, 5.74) is 0. The summed E-state index contributed by atoms with van der Waals surface area (Å²) in [6.45, 7) is 6.12. The van der Waals surface area contributed by atoms with Crippen LogP contribution in [0, 0.1) is 17.8 Å². The molecular weight excluding hydrogens is 148 g/mol. The van der Waals surface area contributed by atoms with Gasteiger partial charge in [0.05, 0.1) is 0 Å². The molecule has 1 saturated carbocycles. The third-order valence-corrected chi connectivity index (χ3v) is 3.12. The van der Waals surface area contributed by atoms with Gasteiger partial charge >= 0.3 is 0 Å². The van der Waals surface area contributed by atoms with Crippen LogP contribution in [0.4, 0.5) is 0 Å². The molecule has 1 aliphatic rings. The lowest BCUT2D eigenvalue weighted by Crippen LogP contribution is -2.23. The predicted octanol–water partition coefficient (Wildman–Crippen LogP) is 3.04. The molecular formula is C11H20O. The van der Waals surface area contributed by atoms with Crippen molar-refractivity contribution >= 4 is 5.78 Å². The van der Waals surface area contributed by atoms with Gasteiger partial charge in [-0.2, -0.15) is 0 Å². The summed E-state index contributed by atoms with van der Waals surface area (Å²) in [4.78, 5) is 11.6. The van der Waals surface area contributed by atoms with Crippen LogP contribution in [0.25, 0.3) is 0 Å². The van der Waals surface area contributed by atoms with Crippen LogP contribution in [0.5, 0.6) is 0 Å². The second-order valence-electron chi connectivity index (χ2n) is 4.39. The van der Waals surface area contributed by atoms with E-state index in [4.69, 9.17) is 0 Å². The first-order valence-corrected chi connectivity index (χ1v) is 5.16. The standard InChI is InChI=1S/C11H20O/c1-8(2)11(12)9(3)10-6-4-5-7-10/h8-10H,4-7H2,1-3H3. The number of hydrogen-bond donors (Lipinski definition) is 0. The minimum absolute atomic E-state index is 0.223.